The Morgan fingerprint density at radius 2 is 0.373 bits per heavy atom. The fourth-order valence-corrected chi connectivity index (χ4v) is 6.80. The maximum Gasteiger partial charge on any atom is 0.466 e. The van der Waals surface area contributed by atoms with Crippen molar-refractivity contribution < 1.29 is 19.2 Å². The number of unbranched alkanes of at least 4 members (excludes halogenated alkanes) is 38. The second-order valence-corrected chi connectivity index (χ2v) is 16.6. The maximum absolute atomic E-state index is 8.88. The summed E-state index contributed by atoms with van der Waals surface area (Å²) in [6, 6.07) is 0. The molecule has 0 atom stereocenters. The van der Waals surface area contributed by atoms with Crippen molar-refractivity contribution in [2.24, 2.45) is 11.5 Å². The van der Waals surface area contributed by atoms with Gasteiger partial charge in [0, 0.05) is 0 Å². The molecule has 0 saturated carbocycles. The van der Waals surface area contributed by atoms with Crippen LogP contribution in [-0.2, 0) is 4.57 Å². The molecular formula is C44H97N2O4P. The van der Waals surface area contributed by atoms with Crippen molar-refractivity contribution in [1.29, 1.82) is 0 Å². The molecule has 0 amide bonds. The lowest BCUT2D eigenvalue weighted by atomic mass is 10.0. The lowest BCUT2D eigenvalue weighted by Crippen LogP contribution is -1.97. The van der Waals surface area contributed by atoms with Gasteiger partial charge < -0.3 is 26.1 Å². The topological polar surface area (TPSA) is 130 Å². The Labute approximate surface area is 321 Å². The fraction of sp³-hybridized carbons (Fsp3) is 1.00. The third-order valence-electron chi connectivity index (χ3n) is 10.1. The number of phosphoric acid groups is 1. The van der Waals surface area contributed by atoms with Gasteiger partial charge in [-0.25, -0.2) is 4.57 Å². The van der Waals surface area contributed by atoms with Gasteiger partial charge in [0.1, 0.15) is 0 Å². The average Bonchev–Trinajstić information content (AvgIpc) is 3.10. The summed E-state index contributed by atoms with van der Waals surface area (Å²) in [5.41, 5.74) is 11.0. The average molecular weight is 749 g/mol. The molecule has 0 bridgehead atoms. The van der Waals surface area contributed by atoms with Crippen LogP contribution in [0, 0.1) is 0 Å². The van der Waals surface area contributed by atoms with E-state index >= 15 is 0 Å². The Balaban J connectivity index is -0.000000796. The SMILES string of the molecule is CCCCCCCCCCCCCCCCCCCCCCN.CCCCCCCCCCCCCCCCCCCCCCN.O=P(O)(O)O. The van der Waals surface area contributed by atoms with Gasteiger partial charge in [0.25, 0.3) is 0 Å². The van der Waals surface area contributed by atoms with E-state index in [0.717, 1.165) is 13.1 Å². The van der Waals surface area contributed by atoms with Crippen molar-refractivity contribution in [3.8, 4) is 0 Å². The van der Waals surface area contributed by atoms with E-state index in [9.17, 15) is 0 Å². The molecule has 0 aromatic heterocycles. The van der Waals surface area contributed by atoms with Crippen LogP contribution in [0.3, 0.4) is 0 Å². The Morgan fingerprint density at radius 1 is 0.275 bits per heavy atom. The molecule has 0 aliphatic carbocycles. The van der Waals surface area contributed by atoms with Crippen molar-refractivity contribution in [2.45, 2.75) is 271 Å². The van der Waals surface area contributed by atoms with Crippen molar-refractivity contribution in [2.75, 3.05) is 13.1 Å². The molecule has 0 aromatic rings. The van der Waals surface area contributed by atoms with Crippen molar-refractivity contribution in [1.82, 2.24) is 0 Å². The van der Waals surface area contributed by atoms with E-state index < -0.39 is 7.82 Å². The first-order chi connectivity index (χ1) is 24.8. The normalized spacial score (nSPS) is 11.3. The smallest absolute Gasteiger partial charge is 0.330 e. The van der Waals surface area contributed by atoms with Crippen LogP contribution in [0.15, 0.2) is 0 Å². The molecule has 0 heterocycles. The van der Waals surface area contributed by atoms with E-state index in [1.165, 1.54) is 257 Å². The van der Waals surface area contributed by atoms with Gasteiger partial charge >= 0.3 is 7.82 Å². The third-order valence-corrected chi connectivity index (χ3v) is 10.1. The van der Waals surface area contributed by atoms with Crippen LogP contribution in [0.2, 0.25) is 0 Å². The second-order valence-electron chi connectivity index (χ2n) is 15.5. The lowest BCUT2D eigenvalue weighted by Gasteiger charge is -2.04. The molecule has 0 rings (SSSR count). The summed E-state index contributed by atoms with van der Waals surface area (Å²) in [5.74, 6) is 0. The molecule has 0 fully saturated rings. The minimum Gasteiger partial charge on any atom is -0.330 e. The molecule has 0 radical (unpaired) electrons. The predicted octanol–water partition coefficient (Wildman–Crippen LogP) is 14.6. The van der Waals surface area contributed by atoms with Crippen LogP contribution in [0.4, 0.5) is 0 Å². The maximum atomic E-state index is 8.88. The van der Waals surface area contributed by atoms with E-state index in [1.54, 1.807) is 0 Å². The highest BCUT2D eigenvalue weighted by Gasteiger charge is 2.00. The summed E-state index contributed by atoms with van der Waals surface area (Å²) in [7, 11) is -4.64. The van der Waals surface area contributed by atoms with Crippen molar-refractivity contribution in [3.63, 3.8) is 0 Å². The highest BCUT2D eigenvalue weighted by molar-refractivity contribution is 7.45. The number of nitrogens with two attached hydrogens (primary N) is 2. The molecule has 7 heteroatoms. The molecule has 0 saturated heterocycles. The molecule has 312 valence electrons. The Morgan fingerprint density at radius 3 is 0.471 bits per heavy atom. The zero-order chi connectivity index (χ0) is 38.2. The number of hydrogen-bond donors (Lipinski definition) is 5. The van der Waals surface area contributed by atoms with Crippen LogP contribution in [-0.4, -0.2) is 27.8 Å². The van der Waals surface area contributed by atoms with E-state index in [2.05, 4.69) is 13.8 Å². The molecule has 0 spiro atoms. The summed E-state index contributed by atoms with van der Waals surface area (Å²) in [4.78, 5) is 21.6. The zero-order valence-electron chi connectivity index (χ0n) is 35.1. The second kappa shape index (κ2) is 52.1. The van der Waals surface area contributed by atoms with Gasteiger partial charge in [-0.1, -0.05) is 258 Å². The summed E-state index contributed by atoms with van der Waals surface area (Å²) < 4.78 is 8.88. The van der Waals surface area contributed by atoms with Crippen molar-refractivity contribution in [3.05, 3.63) is 0 Å². The van der Waals surface area contributed by atoms with Crippen molar-refractivity contribution >= 4 is 7.82 Å². The highest BCUT2D eigenvalue weighted by atomic mass is 31.2. The molecule has 0 aliphatic heterocycles. The molecule has 51 heavy (non-hydrogen) atoms. The van der Waals surface area contributed by atoms with Crippen LogP contribution >= 0.6 is 7.82 Å². The van der Waals surface area contributed by atoms with Crippen LogP contribution in [0.1, 0.15) is 271 Å². The summed E-state index contributed by atoms with van der Waals surface area (Å²) >= 11 is 0. The number of rotatable bonds is 40. The Hall–Kier alpha value is 0.0300. The van der Waals surface area contributed by atoms with Gasteiger partial charge in [0.2, 0.25) is 0 Å². The summed E-state index contributed by atoms with van der Waals surface area (Å²) in [6.45, 7) is 6.34. The van der Waals surface area contributed by atoms with Gasteiger partial charge in [-0.2, -0.15) is 0 Å². The first-order valence-electron chi connectivity index (χ1n) is 23.0. The van der Waals surface area contributed by atoms with E-state index in [4.69, 9.17) is 30.7 Å². The van der Waals surface area contributed by atoms with E-state index in [1.807, 2.05) is 0 Å². The first-order valence-corrected chi connectivity index (χ1v) is 24.6. The van der Waals surface area contributed by atoms with Crippen LogP contribution in [0.25, 0.3) is 0 Å². The Bertz CT molecular complexity index is 530. The minimum atomic E-state index is -4.64. The van der Waals surface area contributed by atoms with E-state index in [-0.39, 0.29) is 0 Å². The highest BCUT2D eigenvalue weighted by Crippen LogP contribution is 2.26. The standard InChI is InChI=1S/2C22H47N.H3O4P/c2*1-2-3-4-5-6-7-8-9-10-11-12-13-14-15-16-17-18-19-20-21-22-23;1-5(2,3)4/h2*2-23H2,1H3;(H3,1,2,3,4). The van der Waals surface area contributed by atoms with E-state index in [0.29, 0.717) is 0 Å². The molecule has 6 nitrogen and oxygen atoms in total. The third kappa shape index (κ3) is 72.0. The quantitative estimate of drug-likeness (QED) is 0.0313. The van der Waals surface area contributed by atoms with Crippen LogP contribution in [0.5, 0.6) is 0 Å². The summed E-state index contributed by atoms with van der Waals surface area (Å²) in [6.07, 6.45) is 57.6. The van der Waals surface area contributed by atoms with Gasteiger partial charge in [-0.15, -0.1) is 0 Å². The van der Waals surface area contributed by atoms with Gasteiger partial charge in [-0.3, -0.25) is 0 Å². The van der Waals surface area contributed by atoms with Gasteiger partial charge in [-0.05, 0) is 25.9 Å². The Kier molecular flexibility index (Phi) is 56.6. The molecule has 0 aliphatic rings. The molecule has 7 N–H and O–H groups in total. The molecule has 0 unspecified atom stereocenters. The number of hydrogen-bond acceptors (Lipinski definition) is 3. The molecule has 0 aromatic carbocycles. The lowest BCUT2D eigenvalue weighted by molar-refractivity contribution is 0.275. The monoisotopic (exact) mass is 749 g/mol. The fourth-order valence-electron chi connectivity index (χ4n) is 6.80. The van der Waals surface area contributed by atoms with Gasteiger partial charge in [0.05, 0.1) is 0 Å². The molecular weight excluding hydrogens is 651 g/mol. The minimum absolute atomic E-state index is 0.874. The van der Waals surface area contributed by atoms with Crippen LogP contribution < -0.4 is 11.5 Å². The first kappa shape index (κ1) is 55.4. The largest absolute Gasteiger partial charge is 0.466 e. The van der Waals surface area contributed by atoms with Gasteiger partial charge in [0.15, 0.2) is 0 Å². The summed E-state index contributed by atoms with van der Waals surface area (Å²) in [5, 5.41) is 0. The predicted molar refractivity (Wildman–Crippen MR) is 228 cm³/mol. The zero-order valence-corrected chi connectivity index (χ0v) is 35.9.